The summed E-state index contributed by atoms with van der Waals surface area (Å²) in [5.74, 6) is 0.900. The molecule has 0 saturated heterocycles. The Morgan fingerprint density at radius 2 is 2.05 bits per heavy atom. The molecule has 0 fully saturated rings. The van der Waals surface area contributed by atoms with Gasteiger partial charge in [0.1, 0.15) is 5.75 Å². The summed E-state index contributed by atoms with van der Waals surface area (Å²) >= 11 is 9.67. The highest BCUT2D eigenvalue weighted by molar-refractivity contribution is 9.10. The first-order valence-electron chi connectivity index (χ1n) is 6.81. The number of rotatable bonds is 5. The number of methoxy groups -OCH3 is 1. The highest BCUT2D eigenvalue weighted by atomic mass is 79.9. The fraction of sp³-hybridized carbons (Fsp3) is 0.294. The van der Waals surface area contributed by atoms with E-state index >= 15 is 0 Å². The van der Waals surface area contributed by atoms with Gasteiger partial charge >= 0.3 is 0 Å². The average molecular weight is 369 g/mol. The minimum atomic E-state index is 0.162. The first-order valence-corrected chi connectivity index (χ1v) is 7.98. The number of likely N-dealkylation sites (N-methyl/N-ethyl adjacent to an activating group) is 1. The lowest BCUT2D eigenvalue weighted by atomic mass is 9.97. The molecule has 0 aliphatic rings. The van der Waals surface area contributed by atoms with E-state index < -0.39 is 0 Å². The molecule has 112 valence electrons. The van der Waals surface area contributed by atoms with E-state index in [0.29, 0.717) is 0 Å². The van der Waals surface area contributed by atoms with Gasteiger partial charge in [-0.2, -0.15) is 0 Å². The molecule has 2 rings (SSSR count). The zero-order chi connectivity index (χ0) is 15.4. The van der Waals surface area contributed by atoms with E-state index in [9.17, 15) is 0 Å². The van der Waals surface area contributed by atoms with E-state index in [-0.39, 0.29) is 6.04 Å². The van der Waals surface area contributed by atoms with Crippen LogP contribution in [0.1, 0.15) is 22.7 Å². The molecule has 21 heavy (non-hydrogen) atoms. The van der Waals surface area contributed by atoms with Crippen molar-refractivity contribution in [2.24, 2.45) is 0 Å². The van der Waals surface area contributed by atoms with Crippen molar-refractivity contribution in [3.8, 4) is 5.75 Å². The third kappa shape index (κ3) is 4.00. The fourth-order valence-electron chi connectivity index (χ4n) is 2.39. The molecular weight excluding hydrogens is 350 g/mol. The molecule has 0 aromatic heterocycles. The quantitative estimate of drug-likeness (QED) is 0.808. The molecule has 0 spiro atoms. The lowest BCUT2D eigenvalue weighted by Gasteiger charge is -2.21. The number of hydrogen-bond acceptors (Lipinski definition) is 2. The summed E-state index contributed by atoms with van der Waals surface area (Å²) < 4.78 is 6.63. The van der Waals surface area contributed by atoms with Gasteiger partial charge in [-0.05, 0) is 55.8 Å². The van der Waals surface area contributed by atoms with E-state index in [2.05, 4.69) is 46.4 Å². The van der Waals surface area contributed by atoms with Crippen molar-refractivity contribution in [2.75, 3.05) is 14.2 Å². The van der Waals surface area contributed by atoms with Crippen LogP contribution in [0.2, 0.25) is 5.02 Å². The summed E-state index contributed by atoms with van der Waals surface area (Å²) in [5, 5.41) is 4.13. The third-order valence-electron chi connectivity index (χ3n) is 3.56. The first kappa shape index (κ1) is 16.3. The van der Waals surface area contributed by atoms with Crippen LogP contribution in [0, 0.1) is 6.92 Å². The summed E-state index contributed by atoms with van der Waals surface area (Å²) in [6, 6.07) is 12.3. The summed E-state index contributed by atoms with van der Waals surface area (Å²) in [4.78, 5) is 0. The number of benzene rings is 2. The van der Waals surface area contributed by atoms with E-state index in [4.69, 9.17) is 16.3 Å². The molecule has 1 atom stereocenters. The van der Waals surface area contributed by atoms with Crippen LogP contribution in [0.3, 0.4) is 0 Å². The first-order chi connectivity index (χ1) is 10.0. The lowest BCUT2D eigenvalue weighted by molar-refractivity contribution is 0.400. The Bertz CT molecular complexity index is 630. The van der Waals surface area contributed by atoms with Crippen LogP contribution in [0.25, 0.3) is 0 Å². The van der Waals surface area contributed by atoms with Crippen molar-refractivity contribution in [1.29, 1.82) is 0 Å². The molecule has 2 aromatic rings. The highest BCUT2D eigenvalue weighted by Crippen LogP contribution is 2.33. The van der Waals surface area contributed by atoms with Gasteiger partial charge in [0.15, 0.2) is 0 Å². The third-order valence-corrected chi connectivity index (χ3v) is 4.65. The van der Waals surface area contributed by atoms with Gasteiger partial charge in [-0.1, -0.05) is 39.7 Å². The molecule has 0 saturated carbocycles. The van der Waals surface area contributed by atoms with Crippen LogP contribution in [0.4, 0.5) is 0 Å². The Labute approximate surface area is 139 Å². The molecule has 1 unspecified atom stereocenters. The van der Waals surface area contributed by atoms with Crippen molar-refractivity contribution < 1.29 is 4.74 Å². The number of ether oxygens (including phenoxy) is 1. The zero-order valence-electron chi connectivity index (χ0n) is 12.4. The van der Waals surface area contributed by atoms with Crippen molar-refractivity contribution in [3.63, 3.8) is 0 Å². The van der Waals surface area contributed by atoms with Gasteiger partial charge in [0.2, 0.25) is 0 Å². The fourth-order valence-corrected chi connectivity index (χ4v) is 2.96. The summed E-state index contributed by atoms with van der Waals surface area (Å²) in [6.45, 7) is 2.06. The number of halogens is 2. The molecule has 1 N–H and O–H groups in total. The van der Waals surface area contributed by atoms with Crippen LogP contribution < -0.4 is 10.1 Å². The van der Waals surface area contributed by atoms with Gasteiger partial charge in [0, 0.05) is 21.1 Å². The average Bonchev–Trinajstić information content (AvgIpc) is 2.47. The predicted octanol–water partition coefficient (Wildman–Crippen LogP) is 4.92. The van der Waals surface area contributed by atoms with Crippen LogP contribution >= 0.6 is 27.5 Å². The van der Waals surface area contributed by atoms with Gasteiger partial charge in [0.25, 0.3) is 0 Å². The van der Waals surface area contributed by atoms with Crippen molar-refractivity contribution >= 4 is 27.5 Å². The van der Waals surface area contributed by atoms with Gasteiger partial charge in [-0.3, -0.25) is 0 Å². The number of aryl methyl sites for hydroxylation is 1. The molecule has 0 radical (unpaired) electrons. The maximum absolute atomic E-state index is 6.07. The summed E-state index contributed by atoms with van der Waals surface area (Å²) in [5.41, 5.74) is 3.49. The second-order valence-corrected chi connectivity index (χ2v) is 6.31. The molecule has 2 aromatic carbocycles. The van der Waals surface area contributed by atoms with Gasteiger partial charge in [-0.25, -0.2) is 0 Å². The standard InChI is InChI=1S/C17H19BrClNO/c1-11-7-17(21-3)14(10-15(11)18)16(20-2)9-12-5-4-6-13(19)8-12/h4-8,10,16,20H,9H2,1-3H3. The van der Waals surface area contributed by atoms with Gasteiger partial charge in [-0.15, -0.1) is 0 Å². The normalized spacial score (nSPS) is 12.2. The van der Waals surface area contributed by atoms with Crippen LogP contribution in [0.15, 0.2) is 40.9 Å². The van der Waals surface area contributed by atoms with E-state index in [1.807, 2.05) is 25.2 Å². The monoisotopic (exact) mass is 367 g/mol. The minimum Gasteiger partial charge on any atom is -0.496 e. The Hall–Kier alpha value is -1.03. The largest absolute Gasteiger partial charge is 0.496 e. The summed E-state index contributed by atoms with van der Waals surface area (Å²) in [6.07, 6.45) is 0.850. The number of hydrogen-bond donors (Lipinski definition) is 1. The predicted molar refractivity (Wildman–Crippen MR) is 92.4 cm³/mol. The maximum Gasteiger partial charge on any atom is 0.123 e. The Morgan fingerprint density at radius 3 is 2.67 bits per heavy atom. The van der Waals surface area contributed by atoms with Crippen LogP contribution in [-0.4, -0.2) is 14.2 Å². The second kappa shape index (κ2) is 7.30. The van der Waals surface area contributed by atoms with Gasteiger partial charge in [0.05, 0.1) is 7.11 Å². The van der Waals surface area contributed by atoms with Crippen LogP contribution in [-0.2, 0) is 6.42 Å². The van der Waals surface area contributed by atoms with E-state index in [0.717, 1.165) is 32.8 Å². The smallest absolute Gasteiger partial charge is 0.123 e. The Kier molecular flexibility index (Phi) is 5.68. The molecule has 0 amide bonds. The zero-order valence-corrected chi connectivity index (χ0v) is 14.8. The second-order valence-electron chi connectivity index (χ2n) is 5.02. The molecule has 0 bridgehead atoms. The van der Waals surface area contributed by atoms with Crippen molar-refractivity contribution in [2.45, 2.75) is 19.4 Å². The SMILES string of the molecule is CNC(Cc1cccc(Cl)c1)c1cc(Br)c(C)cc1OC. The van der Waals surface area contributed by atoms with E-state index in [1.54, 1.807) is 7.11 Å². The minimum absolute atomic E-state index is 0.162. The van der Waals surface area contributed by atoms with E-state index in [1.165, 1.54) is 5.56 Å². The van der Waals surface area contributed by atoms with Gasteiger partial charge < -0.3 is 10.1 Å². The molecule has 2 nitrogen and oxygen atoms in total. The molecule has 4 heteroatoms. The Balaban J connectivity index is 2.35. The molecule has 0 aliphatic heterocycles. The number of nitrogens with one attached hydrogen (secondary N) is 1. The maximum atomic E-state index is 6.07. The summed E-state index contributed by atoms with van der Waals surface area (Å²) in [7, 11) is 3.67. The molecule has 0 heterocycles. The molecular formula is C17H19BrClNO. The topological polar surface area (TPSA) is 21.3 Å². The van der Waals surface area contributed by atoms with Crippen molar-refractivity contribution in [1.82, 2.24) is 5.32 Å². The molecule has 0 aliphatic carbocycles. The highest BCUT2D eigenvalue weighted by Gasteiger charge is 2.17. The van der Waals surface area contributed by atoms with Crippen molar-refractivity contribution in [3.05, 3.63) is 62.6 Å². The van der Waals surface area contributed by atoms with Crippen LogP contribution in [0.5, 0.6) is 5.75 Å². The lowest BCUT2D eigenvalue weighted by Crippen LogP contribution is -2.19. The Morgan fingerprint density at radius 1 is 1.29 bits per heavy atom.